The number of hydrogen-bond acceptors (Lipinski definition) is 5. The Morgan fingerprint density at radius 2 is 1.71 bits per heavy atom. The van der Waals surface area contributed by atoms with Crippen LogP contribution in [0.15, 0.2) is 60.7 Å². The molecule has 2 aliphatic heterocycles. The van der Waals surface area contributed by atoms with Gasteiger partial charge in [-0.05, 0) is 46.3 Å². The molecule has 1 N–H and O–H groups in total. The average molecular weight is 531 g/mol. The third kappa shape index (κ3) is 5.91. The Hall–Kier alpha value is -1.73. The van der Waals surface area contributed by atoms with Gasteiger partial charge in [-0.2, -0.15) is 0 Å². The summed E-state index contributed by atoms with van der Waals surface area (Å²) >= 11 is 4.03. The van der Waals surface area contributed by atoms with E-state index in [4.69, 9.17) is 9.47 Å². The number of rotatable bonds is 11. The number of carbonyl (C=O) groups is 1. The Labute approximate surface area is 211 Å². The molecule has 5 nitrogen and oxygen atoms in total. The van der Waals surface area contributed by atoms with Gasteiger partial charge in [0.25, 0.3) is 0 Å². The number of esters is 1. The molecule has 2 heterocycles. The number of carbonyl (C=O) groups excluding carboxylic acids is 1. The van der Waals surface area contributed by atoms with Crippen LogP contribution in [0.25, 0.3) is 0 Å². The van der Waals surface area contributed by atoms with Gasteiger partial charge in [0.15, 0.2) is 4.63 Å². The first-order chi connectivity index (χ1) is 16.5. The van der Waals surface area contributed by atoms with Crippen molar-refractivity contribution in [3.05, 3.63) is 71.8 Å². The molecule has 5 atom stereocenters. The van der Waals surface area contributed by atoms with Gasteiger partial charge < -0.3 is 14.6 Å². The Morgan fingerprint density at radius 3 is 2.29 bits per heavy atom. The van der Waals surface area contributed by atoms with Crippen molar-refractivity contribution in [1.29, 1.82) is 0 Å². The number of alkyl halides is 1. The summed E-state index contributed by atoms with van der Waals surface area (Å²) in [5.41, 5.74) is 2.03. The van der Waals surface area contributed by atoms with Gasteiger partial charge in [-0.1, -0.05) is 74.0 Å². The van der Waals surface area contributed by atoms with Gasteiger partial charge in [0, 0.05) is 38.0 Å². The standard InChI is InChI=1S/C28H36BrNO4/c1-2-3-16-33-28(29,19-21-10-6-4-7-11-21)30-23-14-15-24(30)18-25(17-23)34-27(32)26(20-31)22-12-8-5-9-13-22/h4-13,23-26,31H,2-3,14-20H2,1H3/t23-,24+,25+,26?,28?. The molecule has 2 aromatic rings. The van der Waals surface area contributed by atoms with E-state index in [1.165, 1.54) is 5.56 Å². The molecular formula is C28H36BrNO4. The van der Waals surface area contributed by atoms with Crippen LogP contribution < -0.4 is 0 Å². The maximum Gasteiger partial charge on any atom is 0.316 e. The summed E-state index contributed by atoms with van der Waals surface area (Å²) in [4.78, 5) is 15.4. The van der Waals surface area contributed by atoms with E-state index in [9.17, 15) is 9.90 Å². The van der Waals surface area contributed by atoms with Crippen LogP contribution in [0.4, 0.5) is 0 Å². The van der Waals surface area contributed by atoms with Crippen LogP contribution >= 0.6 is 15.9 Å². The molecule has 4 rings (SSSR count). The van der Waals surface area contributed by atoms with Crippen molar-refractivity contribution < 1.29 is 19.4 Å². The lowest BCUT2D eigenvalue weighted by atomic mass is 9.96. The van der Waals surface area contributed by atoms with Crippen LogP contribution in [-0.4, -0.2) is 52.0 Å². The SMILES string of the molecule is CCCCOC(Br)(Cc1ccccc1)N1[C@@H]2CC[C@H]1C[C@@H](OC(=O)C(CO)c1ccccc1)C2. The van der Waals surface area contributed by atoms with E-state index in [1.54, 1.807) is 0 Å². The van der Waals surface area contributed by atoms with Crippen molar-refractivity contribution in [2.45, 2.75) is 80.6 Å². The second-order valence-electron chi connectivity index (χ2n) is 9.52. The molecule has 2 aromatic carbocycles. The van der Waals surface area contributed by atoms with Crippen LogP contribution in [0.3, 0.4) is 0 Å². The Bertz CT molecular complexity index is 897. The molecule has 0 aromatic heterocycles. The molecule has 0 spiro atoms. The lowest BCUT2D eigenvalue weighted by molar-refractivity contribution is -0.163. The fourth-order valence-electron chi connectivity index (χ4n) is 5.45. The first kappa shape index (κ1) is 25.4. The molecule has 2 fully saturated rings. The normalized spacial score (nSPS) is 25.0. The molecule has 6 heteroatoms. The highest BCUT2D eigenvalue weighted by Gasteiger charge is 2.51. The first-order valence-corrected chi connectivity index (χ1v) is 13.3. The molecule has 0 aliphatic carbocycles. The highest BCUT2D eigenvalue weighted by atomic mass is 79.9. The van der Waals surface area contributed by atoms with Crippen LogP contribution in [-0.2, 0) is 20.7 Å². The summed E-state index contributed by atoms with van der Waals surface area (Å²) in [6.45, 7) is 2.63. The minimum atomic E-state index is -0.636. The quantitative estimate of drug-likeness (QED) is 0.182. The van der Waals surface area contributed by atoms with Crippen LogP contribution in [0.5, 0.6) is 0 Å². The van der Waals surface area contributed by atoms with E-state index in [0.717, 1.165) is 50.5 Å². The van der Waals surface area contributed by atoms with Crippen molar-refractivity contribution in [3.8, 4) is 0 Å². The number of hydrogen-bond donors (Lipinski definition) is 1. The fraction of sp³-hybridized carbons (Fsp3) is 0.536. The summed E-state index contributed by atoms with van der Waals surface area (Å²) in [6.07, 6.45) is 6.45. The summed E-state index contributed by atoms with van der Waals surface area (Å²) in [7, 11) is 0. The zero-order valence-electron chi connectivity index (χ0n) is 19.9. The van der Waals surface area contributed by atoms with Gasteiger partial charge in [0.1, 0.15) is 12.0 Å². The lowest BCUT2D eigenvalue weighted by Gasteiger charge is -2.48. The van der Waals surface area contributed by atoms with E-state index in [1.807, 2.05) is 36.4 Å². The summed E-state index contributed by atoms with van der Waals surface area (Å²) in [5, 5.41) is 9.86. The number of piperidine rings is 1. The molecule has 2 aliphatic rings. The molecule has 2 bridgehead atoms. The molecule has 184 valence electrons. The maximum atomic E-state index is 12.9. The van der Waals surface area contributed by atoms with E-state index >= 15 is 0 Å². The minimum absolute atomic E-state index is 0.136. The predicted molar refractivity (Wildman–Crippen MR) is 137 cm³/mol. The van der Waals surface area contributed by atoms with Crippen LogP contribution in [0.2, 0.25) is 0 Å². The molecule has 0 saturated carbocycles. The van der Waals surface area contributed by atoms with Gasteiger partial charge in [-0.3, -0.25) is 9.69 Å². The number of unbranched alkanes of at least 4 members (excludes halogenated alkanes) is 1. The number of aliphatic hydroxyl groups excluding tert-OH is 1. The van der Waals surface area contributed by atoms with E-state index in [-0.39, 0.29) is 30.8 Å². The Morgan fingerprint density at radius 1 is 1.09 bits per heavy atom. The fourth-order valence-corrected chi connectivity index (χ4v) is 6.52. The number of benzene rings is 2. The predicted octanol–water partition coefficient (Wildman–Crippen LogP) is 5.41. The third-order valence-corrected chi connectivity index (χ3v) is 8.03. The first-order valence-electron chi connectivity index (χ1n) is 12.6. The average Bonchev–Trinajstić information content (AvgIpc) is 3.13. The lowest BCUT2D eigenvalue weighted by Crippen LogP contribution is -2.58. The van der Waals surface area contributed by atoms with Gasteiger partial charge >= 0.3 is 5.97 Å². The smallest absolute Gasteiger partial charge is 0.316 e. The Balaban J connectivity index is 1.45. The molecule has 2 saturated heterocycles. The second kappa shape index (κ2) is 11.8. The van der Waals surface area contributed by atoms with Crippen molar-refractivity contribution in [2.24, 2.45) is 0 Å². The third-order valence-electron chi connectivity index (χ3n) is 7.11. The number of aliphatic hydroxyl groups is 1. The molecule has 2 unspecified atom stereocenters. The molecule has 0 radical (unpaired) electrons. The van der Waals surface area contributed by atoms with Crippen molar-refractivity contribution >= 4 is 21.9 Å². The maximum absolute atomic E-state index is 12.9. The number of halogens is 1. The molecule has 0 amide bonds. The van der Waals surface area contributed by atoms with Gasteiger partial charge in [-0.15, -0.1) is 0 Å². The highest BCUT2D eigenvalue weighted by molar-refractivity contribution is 9.10. The Kier molecular flexibility index (Phi) is 8.81. The van der Waals surface area contributed by atoms with Crippen molar-refractivity contribution in [2.75, 3.05) is 13.2 Å². The summed E-state index contributed by atoms with van der Waals surface area (Å²) in [5.74, 6) is -0.970. The van der Waals surface area contributed by atoms with Gasteiger partial charge in [0.05, 0.1) is 6.61 Å². The zero-order valence-corrected chi connectivity index (χ0v) is 21.5. The van der Waals surface area contributed by atoms with Crippen molar-refractivity contribution in [3.63, 3.8) is 0 Å². The van der Waals surface area contributed by atoms with E-state index in [0.29, 0.717) is 6.61 Å². The zero-order chi connectivity index (χ0) is 24.0. The summed E-state index contributed by atoms with van der Waals surface area (Å²) in [6, 6.07) is 20.4. The molecule has 34 heavy (non-hydrogen) atoms. The number of ether oxygens (including phenoxy) is 2. The monoisotopic (exact) mass is 529 g/mol. The number of fused-ring (bicyclic) bond motifs is 2. The largest absolute Gasteiger partial charge is 0.462 e. The summed E-state index contributed by atoms with van der Waals surface area (Å²) < 4.78 is 11.9. The van der Waals surface area contributed by atoms with Gasteiger partial charge in [0.2, 0.25) is 0 Å². The van der Waals surface area contributed by atoms with E-state index in [2.05, 4.69) is 52.0 Å². The van der Waals surface area contributed by atoms with Crippen molar-refractivity contribution in [1.82, 2.24) is 4.90 Å². The van der Waals surface area contributed by atoms with Gasteiger partial charge in [-0.25, -0.2) is 0 Å². The van der Waals surface area contributed by atoms with E-state index < -0.39 is 10.6 Å². The topological polar surface area (TPSA) is 59.0 Å². The van der Waals surface area contributed by atoms with Crippen LogP contribution in [0.1, 0.15) is 62.5 Å². The van der Waals surface area contributed by atoms with Crippen LogP contribution in [0, 0.1) is 0 Å². The minimum Gasteiger partial charge on any atom is -0.462 e. The highest BCUT2D eigenvalue weighted by Crippen LogP contribution is 2.46. The number of nitrogens with zero attached hydrogens (tertiary/aromatic N) is 1. The molecular weight excluding hydrogens is 494 g/mol. The second-order valence-corrected chi connectivity index (χ2v) is 10.8.